The van der Waals surface area contributed by atoms with Gasteiger partial charge in [-0.1, -0.05) is 6.07 Å². The van der Waals surface area contributed by atoms with E-state index in [2.05, 4.69) is 9.72 Å². The quantitative estimate of drug-likeness (QED) is 0.822. The number of aliphatic hydroxyl groups excluding tert-OH is 2. The van der Waals surface area contributed by atoms with E-state index in [4.69, 9.17) is 4.74 Å². The fraction of sp³-hybridized carbons (Fsp3) is 0.250. The number of fused-ring (bicyclic) bond motifs is 1. The normalized spacial score (nSPS) is 20.1. The smallest absolute Gasteiger partial charge is 0.320 e. The van der Waals surface area contributed by atoms with Crippen LogP contribution in [-0.4, -0.2) is 39.7 Å². The second-order valence-corrected chi connectivity index (χ2v) is 5.08. The molecule has 0 spiro atoms. The van der Waals surface area contributed by atoms with E-state index in [-0.39, 0.29) is 6.54 Å². The van der Waals surface area contributed by atoms with Crippen molar-refractivity contribution in [3.63, 3.8) is 0 Å². The number of benzene rings is 1. The Balaban J connectivity index is 1.83. The maximum Gasteiger partial charge on any atom is 0.320 e. The van der Waals surface area contributed by atoms with E-state index in [9.17, 15) is 15.0 Å². The third-order valence-corrected chi connectivity index (χ3v) is 3.65. The summed E-state index contributed by atoms with van der Waals surface area (Å²) in [5.74, 6) is 0.526. The van der Waals surface area contributed by atoms with Crippen molar-refractivity contribution in [3.8, 4) is 11.5 Å². The van der Waals surface area contributed by atoms with Crippen molar-refractivity contribution >= 4 is 5.97 Å². The lowest BCUT2D eigenvalue weighted by molar-refractivity contribution is -0.152. The van der Waals surface area contributed by atoms with Crippen LogP contribution >= 0.6 is 0 Å². The Kier molecular flexibility index (Phi) is 4.24. The van der Waals surface area contributed by atoms with Gasteiger partial charge in [0.1, 0.15) is 30.5 Å². The van der Waals surface area contributed by atoms with Gasteiger partial charge in [0.15, 0.2) is 0 Å². The topological polar surface area (TPSA) is 92.1 Å². The van der Waals surface area contributed by atoms with Gasteiger partial charge in [-0.05, 0) is 24.3 Å². The third kappa shape index (κ3) is 3.02. The third-order valence-electron chi connectivity index (χ3n) is 3.65. The molecule has 2 aromatic rings. The first-order chi connectivity index (χ1) is 11.1. The monoisotopic (exact) mass is 316 g/mol. The Morgan fingerprint density at radius 1 is 1.22 bits per heavy atom. The molecule has 0 fully saturated rings. The fourth-order valence-corrected chi connectivity index (χ4v) is 2.50. The molecule has 0 amide bonds. The summed E-state index contributed by atoms with van der Waals surface area (Å²) in [5.41, 5.74) is 1.02. The van der Waals surface area contributed by atoms with Crippen molar-refractivity contribution in [2.75, 3.05) is 13.7 Å². The molecule has 2 atom stereocenters. The van der Waals surface area contributed by atoms with Crippen molar-refractivity contribution in [1.29, 1.82) is 0 Å². The van der Waals surface area contributed by atoms with Crippen molar-refractivity contribution in [2.24, 2.45) is 0 Å². The lowest BCUT2D eigenvalue weighted by Gasteiger charge is -2.22. The summed E-state index contributed by atoms with van der Waals surface area (Å²) in [4.78, 5) is 16.6. The molecule has 2 heterocycles. The maximum absolute atomic E-state index is 11.4. The average molecular weight is 316 g/mol. The number of aliphatic hydroxyl groups is 2. The zero-order chi connectivity index (χ0) is 16.4. The molecule has 1 aliphatic heterocycles. The number of carbonyl (C=O) groups excluding carboxylic acids is 1. The second-order valence-electron chi connectivity index (χ2n) is 5.08. The number of ether oxygens (including phenoxy) is 2. The number of hydrogen-bond acceptors (Lipinski definition) is 7. The van der Waals surface area contributed by atoms with E-state index in [1.165, 1.54) is 12.0 Å². The number of esters is 1. The lowest BCUT2D eigenvalue weighted by atomic mass is 10.1. The van der Waals surface area contributed by atoms with Crippen LogP contribution in [0.15, 0.2) is 42.7 Å². The molecule has 7 heteroatoms. The van der Waals surface area contributed by atoms with E-state index in [1.54, 1.807) is 42.7 Å². The summed E-state index contributed by atoms with van der Waals surface area (Å²) in [7, 11) is 1.25. The first kappa shape index (κ1) is 15.4. The number of methoxy groups -OCH3 is 1. The van der Waals surface area contributed by atoms with Crippen LogP contribution in [0.2, 0.25) is 0 Å². The number of hydrogen-bond donors (Lipinski definition) is 2. The number of nitrogens with zero attached hydrogens (tertiary/aromatic N) is 2. The van der Waals surface area contributed by atoms with Gasteiger partial charge in [0.25, 0.3) is 0 Å². The van der Waals surface area contributed by atoms with Crippen LogP contribution in [0.5, 0.6) is 11.5 Å². The van der Waals surface area contributed by atoms with Gasteiger partial charge in [0.05, 0.1) is 13.3 Å². The van der Waals surface area contributed by atoms with Gasteiger partial charge in [-0.15, -0.1) is 0 Å². The molecule has 3 rings (SSSR count). The highest BCUT2D eigenvalue weighted by atomic mass is 16.5. The van der Waals surface area contributed by atoms with Gasteiger partial charge in [-0.2, -0.15) is 0 Å². The number of pyridine rings is 1. The molecule has 0 saturated heterocycles. The molecular formula is C16H16N2O5. The van der Waals surface area contributed by atoms with Crippen LogP contribution in [0.4, 0.5) is 0 Å². The summed E-state index contributed by atoms with van der Waals surface area (Å²) in [6.45, 7) is -0.216. The second kappa shape index (κ2) is 6.33. The fourth-order valence-electron chi connectivity index (χ4n) is 2.50. The van der Waals surface area contributed by atoms with Gasteiger partial charge in [0, 0.05) is 17.3 Å². The van der Waals surface area contributed by atoms with E-state index >= 15 is 0 Å². The summed E-state index contributed by atoms with van der Waals surface area (Å²) >= 11 is 0. The van der Waals surface area contributed by atoms with Gasteiger partial charge in [0.2, 0.25) is 0 Å². The molecule has 0 saturated carbocycles. The molecule has 1 aromatic carbocycles. The van der Waals surface area contributed by atoms with E-state index in [1.807, 2.05) is 0 Å². The van der Waals surface area contributed by atoms with E-state index in [0.717, 1.165) is 0 Å². The number of aromatic nitrogens is 1. The molecule has 120 valence electrons. The molecule has 23 heavy (non-hydrogen) atoms. The Hall–Kier alpha value is -2.48. The van der Waals surface area contributed by atoms with Crippen LogP contribution in [-0.2, 0) is 9.53 Å². The molecule has 1 aromatic heterocycles. The van der Waals surface area contributed by atoms with Gasteiger partial charge in [-0.25, -0.2) is 4.90 Å². The predicted octanol–water partition coefficient (Wildman–Crippen LogP) is 1.34. The lowest BCUT2D eigenvalue weighted by Crippen LogP contribution is -2.32. The summed E-state index contributed by atoms with van der Waals surface area (Å²) in [6, 6.07) is 8.48. The number of rotatable bonds is 4. The first-order valence-corrected chi connectivity index (χ1v) is 7.00. The highest BCUT2D eigenvalue weighted by Gasteiger charge is 2.37. The SMILES string of the molecule is COC(=O)CN1C(O)c2ccc(Oc3cccnc3)cc2C1O. The van der Waals surface area contributed by atoms with Crippen LogP contribution in [0, 0.1) is 0 Å². The largest absolute Gasteiger partial charge is 0.468 e. The van der Waals surface area contributed by atoms with E-state index in [0.29, 0.717) is 22.6 Å². The first-order valence-electron chi connectivity index (χ1n) is 7.00. The highest BCUT2D eigenvalue weighted by molar-refractivity contribution is 5.71. The Morgan fingerprint density at radius 2 is 2.00 bits per heavy atom. The minimum atomic E-state index is -1.11. The van der Waals surface area contributed by atoms with Crippen molar-refractivity contribution in [1.82, 2.24) is 9.88 Å². The average Bonchev–Trinajstić information content (AvgIpc) is 2.80. The van der Waals surface area contributed by atoms with Crippen molar-refractivity contribution in [2.45, 2.75) is 12.5 Å². The standard InChI is InChI=1S/C16H16N2O5/c1-22-14(19)9-18-15(20)12-5-4-10(7-13(12)16(18)21)23-11-3-2-6-17-8-11/h2-8,15-16,20-21H,9H2,1H3. The van der Waals surface area contributed by atoms with Crippen molar-refractivity contribution < 1.29 is 24.5 Å². The van der Waals surface area contributed by atoms with Crippen LogP contribution < -0.4 is 4.74 Å². The maximum atomic E-state index is 11.4. The van der Waals surface area contributed by atoms with Crippen LogP contribution in [0.3, 0.4) is 0 Å². The molecule has 0 aliphatic carbocycles. The van der Waals surface area contributed by atoms with Crippen molar-refractivity contribution in [3.05, 3.63) is 53.9 Å². The zero-order valence-corrected chi connectivity index (χ0v) is 12.4. The number of carbonyl (C=O) groups is 1. The van der Waals surface area contributed by atoms with Gasteiger partial charge in [-0.3, -0.25) is 9.78 Å². The van der Waals surface area contributed by atoms with Crippen LogP contribution in [0.1, 0.15) is 23.6 Å². The summed E-state index contributed by atoms with van der Waals surface area (Å²) < 4.78 is 10.2. The van der Waals surface area contributed by atoms with Gasteiger partial charge >= 0.3 is 5.97 Å². The molecule has 1 aliphatic rings. The molecule has 7 nitrogen and oxygen atoms in total. The minimum Gasteiger partial charge on any atom is -0.468 e. The summed E-state index contributed by atoms with van der Waals surface area (Å²) in [5, 5.41) is 20.6. The van der Waals surface area contributed by atoms with Gasteiger partial charge < -0.3 is 19.7 Å². The highest BCUT2D eigenvalue weighted by Crippen LogP contribution is 2.41. The molecular weight excluding hydrogens is 300 g/mol. The Morgan fingerprint density at radius 3 is 2.70 bits per heavy atom. The Bertz CT molecular complexity index is 707. The molecule has 2 unspecified atom stereocenters. The molecule has 2 N–H and O–H groups in total. The molecule has 0 radical (unpaired) electrons. The predicted molar refractivity (Wildman–Crippen MR) is 79.4 cm³/mol. The Labute approximate surface area is 132 Å². The minimum absolute atomic E-state index is 0.216. The van der Waals surface area contributed by atoms with E-state index < -0.39 is 18.4 Å². The zero-order valence-electron chi connectivity index (χ0n) is 12.4. The van der Waals surface area contributed by atoms with Crippen LogP contribution in [0.25, 0.3) is 0 Å². The summed E-state index contributed by atoms with van der Waals surface area (Å²) in [6.07, 6.45) is 1.02. The molecule has 0 bridgehead atoms.